The molecule has 0 aromatic rings. The minimum absolute atomic E-state index is 0.0345. The van der Waals surface area contributed by atoms with Crippen LogP contribution in [0.15, 0.2) is 12.2 Å². The van der Waals surface area contributed by atoms with Crippen LogP contribution in [0.3, 0.4) is 0 Å². The van der Waals surface area contributed by atoms with Gasteiger partial charge in [-0.15, -0.1) is 0 Å². The second-order valence-corrected chi connectivity index (χ2v) is 25.0. The van der Waals surface area contributed by atoms with Gasteiger partial charge in [-0.2, -0.15) is 0 Å². The molecule has 0 rings (SSSR count). The van der Waals surface area contributed by atoms with E-state index in [1.165, 1.54) is 257 Å². The van der Waals surface area contributed by atoms with Crippen LogP contribution in [0.25, 0.3) is 0 Å². The Bertz CT molecular complexity index is 1260. The maximum absolute atomic E-state index is 12.8. The van der Waals surface area contributed by atoms with E-state index in [1.807, 2.05) is 21.1 Å². The number of hydrogen-bond acceptors (Lipinski definition) is 7. The largest absolute Gasteiger partial charge is 0.472 e. The Labute approximate surface area is 460 Å². The maximum Gasteiger partial charge on any atom is 0.472 e. The number of esters is 2. The standard InChI is InChI=1S/C64H126NO8P/c1-6-8-10-12-14-16-18-20-22-24-25-26-27-28-29-30-31-32-33-34-35-36-37-38-39-41-42-44-46-48-50-52-54-56-63(66)70-60-62(61-72-74(68,69)71-59-58-65(3,4)5)73-64(67)57-55-53-51-49-47-45-43-40-23-21-19-17-15-13-11-9-7-2/h21,23,62H,6-20,22,24-61H2,1-5H3/p+1/b23-21-. The molecule has 9 nitrogen and oxygen atoms in total. The summed E-state index contributed by atoms with van der Waals surface area (Å²) in [5, 5.41) is 0. The first kappa shape index (κ1) is 72.8. The zero-order valence-electron chi connectivity index (χ0n) is 50.1. The van der Waals surface area contributed by atoms with Gasteiger partial charge in [0.25, 0.3) is 0 Å². The second-order valence-electron chi connectivity index (χ2n) is 23.5. The molecular weight excluding hydrogens is 942 g/mol. The summed E-state index contributed by atoms with van der Waals surface area (Å²) < 4.78 is 34.6. The summed E-state index contributed by atoms with van der Waals surface area (Å²) in [6.07, 6.45) is 67.4. The second kappa shape index (κ2) is 56.5. The van der Waals surface area contributed by atoms with Crippen molar-refractivity contribution in [3.8, 4) is 0 Å². The first-order valence-electron chi connectivity index (χ1n) is 32.4. The monoisotopic (exact) mass is 1070 g/mol. The Balaban J connectivity index is 3.94. The average molecular weight is 1070 g/mol. The minimum Gasteiger partial charge on any atom is -0.462 e. The minimum atomic E-state index is -4.38. The molecule has 0 saturated carbocycles. The predicted molar refractivity (Wildman–Crippen MR) is 317 cm³/mol. The maximum atomic E-state index is 12.8. The van der Waals surface area contributed by atoms with Gasteiger partial charge in [0, 0.05) is 12.8 Å². The summed E-state index contributed by atoms with van der Waals surface area (Å²) >= 11 is 0. The summed E-state index contributed by atoms with van der Waals surface area (Å²) in [6, 6.07) is 0. The molecule has 1 N–H and O–H groups in total. The van der Waals surface area contributed by atoms with Crippen LogP contribution in [0.1, 0.15) is 335 Å². The number of phosphoric acid groups is 1. The van der Waals surface area contributed by atoms with E-state index in [-0.39, 0.29) is 25.6 Å². The third-order valence-corrected chi connectivity index (χ3v) is 15.8. The van der Waals surface area contributed by atoms with Crippen LogP contribution in [0, 0.1) is 0 Å². The van der Waals surface area contributed by atoms with E-state index >= 15 is 0 Å². The van der Waals surface area contributed by atoms with Gasteiger partial charge in [-0.25, -0.2) is 4.57 Å². The number of likely N-dealkylation sites (N-methyl/N-ethyl adjacent to an activating group) is 1. The van der Waals surface area contributed by atoms with Crippen molar-refractivity contribution < 1.29 is 42.1 Å². The van der Waals surface area contributed by atoms with Gasteiger partial charge in [0.15, 0.2) is 6.10 Å². The van der Waals surface area contributed by atoms with Crippen LogP contribution >= 0.6 is 7.82 Å². The Hall–Kier alpha value is -1.25. The lowest BCUT2D eigenvalue weighted by atomic mass is 10.0. The van der Waals surface area contributed by atoms with Crippen LogP contribution in [-0.4, -0.2) is 74.9 Å². The molecule has 2 atom stereocenters. The highest BCUT2D eigenvalue weighted by Crippen LogP contribution is 2.43. The fourth-order valence-corrected chi connectivity index (χ4v) is 10.5. The molecule has 0 aliphatic carbocycles. The normalized spacial score (nSPS) is 13.2. The molecule has 0 bridgehead atoms. The van der Waals surface area contributed by atoms with Crippen LogP contribution in [0.5, 0.6) is 0 Å². The van der Waals surface area contributed by atoms with Gasteiger partial charge in [0.1, 0.15) is 19.8 Å². The Kier molecular flexibility index (Phi) is 55.5. The van der Waals surface area contributed by atoms with E-state index in [4.69, 9.17) is 18.5 Å². The number of hydrogen-bond donors (Lipinski definition) is 1. The molecule has 0 aromatic heterocycles. The number of rotatable bonds is 61. The number of unbranched alkanes of at least 4 members (excludes halogenated alkanes) is 45. The fraction of sp³-hybridized carbons (Fsp3) is 0.938. The summed E-state index contributed by atoms with van der Waals surface area (Å²) in [6.45, 7) is 4.49. The SMILES string of the molecule is CCCCCCCC/C=C\CCCCCCCCCC(=O)OC(COC(=O)CCCCCCCCCCCCCCCCCCCCCCCCCCCCCCCCCCC)COP(=O)(O)OCC[N+](C)(C)C. The Morgan fingerprint density at radius 3 is 1.00 bits per heavy atom. The van der Waals surface area contributed by atoms with Crippen molar-refractivity contribution in [1.82, 2.24) is 0 Å². The molecule has 74 heavy (non-hydrogen) atoms. The van der Waals surface area contributed by atoms with Crippen LogP contribution < -0.4 is 0 Å². The molecule has 0 saturated heterocycles. The van der Waals surface area contributed by atoms with Crippen molar-refractivity contribution in [2.75, 3.05) is 47.5 Å². The molecule has 2 unspecified atom stereocenters. The number of carbonyl (C=O) groups is 2. The number of carbonyl (C=O) groups excluding carboxylic acids is 2. The van der Waals surface area contributed by atoms with Crippen molar-refractivity contribution in [3.63, 3.8) is 0 Å². The smallest absolute Gasteiger partial charge is 0.462 e. The van der Waals surface area contributed by atoms with Gasteiger partial charge in [-0.3, -0.25) is 18.6 Å². The zero-order valence-corrected chi connectivity index (χ0v) is 51.0. The molecule has 0 aliphatic heterocycles. The molecule has 0 radical (unpaired) electrons. The molecule has 0 heterocycles. The molecule has 0 fully saturated rings. The summed E-state index contributed by atoms with van der Waals surface area (Å²) in [7, 11) is 1.49. The summed E-state index contributed by atoms with van der Waals surface area (Å²) in [4.78, 5) is 35.7. The van der Waals surface area contributed by atoms with E-state index in [0.717, 1.165) is 44.9 Å². The molecule has 10 heteroatoms. The van der Waals surface area contributed by atoms with Gasteiger partial charge >= 0.3 is 19.8 Å². The van der Waals surface area contributed by atoms with Crippen molar-refractivity contribution in [1.29, 1.82) is 0 Å². The molecule has 0 aromatic carbocycles. The quantitative estimate of drug-likeness (QED) is 0.0211. The van der Waals surface area contributed by atoms with Crippen LogP contribution in [0.2, 0.25) is 0 Å². The lowest BCUT2D eigenvalue weighted by Gasteiger charge is -2.24. The van der Waals surface area contributed by atoms with Crippen molar-refractivity contribution in [2.24, 2.45) is 0 Å². The zero-order chi connectivity index (χ0) is 54.2. The highest BCUT2D eigenvalue weighted by molar-refractivity contribution is 7.47. The van der Waals surface area contributed by atoms with Crippen molar-refractivity contribution >= 4 is 19.8 Å². The Morgan fingerprint density at radius 1 is 0.405 bits per heavy atom. The van der Waals surface area contributed by atoms with E-state index in [9.17, 15) is 19.0 Å². The number of allylic oxidation sites excluding steroid dienone is 2. The lowest BCUT2D eigenvalue weighted by molar-refractivity contribution is -0.870. The van der Waals surface area contributed by atoms with Gasteiger partial charge in [0.05, 0.1) is 27.7 Å². The molecular formula is C64H127NO8P+. The van der Waals surface area contributed by atoms with Crippen LogP contribution in [0.4, 0.5) is 0 Å². The summed E-state index contributed by atoms with van der Waals surface area (Å²) in [5.41, 5.74) is 0. The van der Waals surface area contributed by atoms with Gasteiger partial charge in [-0.05, 0) is 38.5 Å². The first-order valence-corrected chi connectivity index (χ1v) is 33.9. The molecule has 0 aliphatic rings. The van der Waals surface area contributed by atoms with E-state index in [0.29, 0.717) is 23.9 Å². The van der Waals surface area contributed by atoms with Gasteiger partial charge in [-0.1, -0.05) is 296 Å². The van der Waals surface area contributed by atoms with Crippen molar-refractivity contribution in [2.45, 2.75) is 341 Å². The number of ether oxygens (including phenoxy) is 2. The van der Waals surface area contributed by atoms with Gasteiger partial charge in [0.2, 0.25) is 0 Å². The van der Waals surface area contributed by atoms with E-state index in [1.54, 1.807) is 0 Å². The van der Waals surface area contributed by atoms with E-state index < -0.39 is 26.5 Å². The third-order valence-electron chi connectivity index (χ3n) is 14.8. The third kappa shape index (κ3) is 60.0. The van der Waals surface area contributed by atoms with Gasteiger partial charge < -0.3 is 18.9 Å². The molecule has 0 spiro atoms. The van der Waals surface area contributed by atoms with Crippen LogP contribution in [-0.2, 0) is 32.7 Å². The molecule has 0 amide bonds. The summed E-state index contributed by atoms with van der Waals surface area (Å²) in [5.74, 6) is -0.782. The average Bonchev–Trinajstić information content (AvgIpc) is 3.36. The predicted octanol–water partition coefficient (Wildman–Crippen LogP) is 20.4. The lowest BCUT2D eigenvalue weighted by Crippen LogP contribution is -2.37. The highest BCUT2D eigenvalue weighted by atomic mass is 31.2. The topological polar surface area (TPSA) is 108 Å². The highest BCUT2D eigenvalue weighted by Gasteiger charge is 2.27. The number of nitrogens with zero attached hydrogens (tertiary/aromatic N) is 1. The Morgan fingerprint density at radius 2 is 0.689 bits per heavy atom. The first-order chi connectivity index (χ1) is 36.0. The molecule has 440 valence electrons. The number of quaternary nitrogens is 1. The number of phosphoric ester groups is 1. The van der Waals surface area contributed by atoms with Crippen molar-refractivity contribution in [3.05, 3.63) is 12.2 Å². The fourth-order valence-electron chi connectivity index (χ4n) is 9.78. The van der Waals surface area contributed by atoms with E-state index in [2.05, 4.69) is 26.0 Å².